The average molecular weight is 245 g/mol. The molecule has 0 aromatic carbocycles. The van der Waals surface area contributed by atoms with Gasteiger partial charge in [-0.15, -0.1) is 11.3 Å². The summed E-state index contributed by atoms with van der Waals surface area (Å²) in [5.74, 6) is 0.243. The van der Waals surface area contributed by atoms with Crippen LogP contribution in [0.2, 0.25) is 0 Å². The van der Waals surface area contributed by atoms with Gasteiger partial charge in [-0.1, -0.05) is 0 Å². The lowest BCUT2D eigenvalue weighted by atomic mass is 10.3. The lowest BCUT2D eigenvalue weighted by Gasteiger charge is -2.09. The van der Waals surface area contributed by atoms with Gasteiger partial charge in [-0.2, -0.15) is 0 Å². The van der Waals surface area contributed by atoms with Gasteiger partial charge in [-0.05, 0) is 38.4 Å². The zero-order valence-electron chi connectivity index (χ0n) is 8.69. The van der Waals surface area contributed by atoms with E-state index in [1.807, 2.05) is 13.0 Å². The second kappa shape index (κ2) is 4.23. The van der Waals surface area contributed by atoms with Crippen molar-refractivity contribution in [2.24, 2.45) is 0 Å². The summed E-state index contributed by atoms with van der Waals surface area (Å²) in [7, 11) is -3.07. The molecule has 2 heterocycles. The molecule has 0 saturated carbocycles. The summed E-state index contributed by atoms with van der Waals surface area (Å²) in [6, 6.07) is 3.72. The van der Waals surface area contributed by atoms with Gasteiger partial charge in [0, 0.05) is 10.9 Å². The maximum Gasteiger partial charge on any atom is 0.189 e. The number of thiophene rings is 1. The van der Waals surface area contributed by atoms with Crippen LogP contribution in [0.25, 0.3) is 0 Å². The predicted molar refractivity (Wildman–Crippen MR) is 62.1 cm³/mol. The van der Waals surface area contributed by atoms with E-state index < -0.39 is 9.84 Å². The molecule has 1 aromatic heterocycles. The highest BCUT2D eigenvalue weighted by molar-refractivity contribution is 7.93. The molecule has 0 bridgehead atoms. The van der Waals surface area contributed by atoms with Gasteiger partial charge < -0.3 is 5.32 Å². The fourth-order valence-corrected chi connectivity index (χ4v) is 4.77. The number of nitrogens with one attached hydrogen (secondary N) is 1. The van der Waals surface area contributed by atoms with Crippen molar-refractivity contribution >= 4 is 21.2 Å². The Hall–Kier alpha value is -0.390. The van der Waals surface area contributed by atoms with Crippen molar-refractivity contribution in [3.05, 3.63) is 17.0 Å². The van der Waals surface area contributed by atoms with Crippen LogP contribution in [0.3, 0.4) is 0 Å². The Morgan fingerprint density at radius 2 is 2.33 bits per heavy atom. The van der Waals surface area contributed by atoms with Crippen LogP contribution in [0.15, 0.2) is 16.3 Å². The smallest absolute Gasteiger partial charge is 0.189 e. The third-order valence-electron chi connectivity index (χ3n) is 2.61. The number of rotatable bonds is 3. The van der Waals surface area contributed by atoms with Crippen LogP contribution in [-0.2, 0) is 9.84 Å². The molecule has 0 unspecified atom stereocenters. The van der Waals surface area contributed by atoms with E-state index in [-0.39, 0.29) is 11.8 Å². The second-order valence-electron chi connectivity index (χ2n) is 3.94. The SMILES string of the molecule is Cc1ccc(S(=O)(=O)C[C@@H]2CCCN2)s1. The molecule has 0 aliphatic carbocycles. The van der Waals surface area contributed by atoms with Crippen molar-refractivity contribution in [3.63, 3.8) is 0 Å². The minimum atomic E-state index is -3.07. The molecule has 1 aliphatic heterocycles. The van der Waals surface area contributed by atoms with Crippen LogP contribution in [0.1, 0.15) is 17.7 Å². The topological polar surface area (TPSA) is 46.2 Å². The summed E-state index contributed by atoms with van der Waals surface area (Å²) in [5, 5.41) is 3.21. The Bertz CT molecular complexity index is 430. The van der Waals surface area contributed by atoms with Gasteiger partial charge in [-0.25, -0.2) is 8.42 Å². The van der Waals surface area contributed by atoms with Crippen LogP contribution in [0.5, 0.6) is 0 Å². The van der Waals surface area contributed by atoms with Crippen molar-refractivity contribution in [1.29, 1.82) is 0 Å². The molecule has 1 saturated heterocycles. The molecule has 0 spiro atoms. The van der Waals surface area contributed by atoms with Crippen LogP contribution in [0, 0.1) is 6.92 Å². The maximum atomic E-state index is 12.0. The molecule has 1 aliphatic rings. The lowest BCUT2D eigenvalue weighted by molar-refractivity contribution is 0.579. The van der Waals surface area contributed by atoms with Crippen molar-refractivity contribution in [3.8, 4) is 0 Å². The first-order valence-corrected chi connectivity index (χ1v) is 7.57. The molecule has 1 aromatic rings. The fourth-order valence-electron chi connectivity index (χ4n) is 1.83. The zero-order valence-corrected chi connectivity index (χ0v) is 10.3. The van der Waals surface area contributed by atoms with Crippen LogP contribution < -0.4 is 5.32 Å². The Balaban J connectivity index is 2.12. The summed E-state index contributed by atoms with van der Waals surface area (Å²) < 4.78 is 24.5. The number of hydrogen-bond acceptors (Lipinski definition) is 4. The quantitative estimate of drug-likeness (QED) is 0.879. The molecule has 1 fully saturated rings. The third-order valence-corrected chi connectivity index (χ3v) is 6.00. The normalized spacial score (nSPS) is 22.1. The highest BCUT2D eigenvalue weighted by atomic mass is 32.2. The first-order chi connectivity index (χ1) is 7.08. The zero-order chi connectivity index (χ0) is 10.9. The third kappa shape index (κ3) is 2.59. The van der Waals surface area contributed by atoms with E-state index in [1.165, 1.54) is 11.3 Å². The molecule has 5 heteroatoms. The Kier molecular flexibility index (Phi) is 3.13. The van der Waals surface area contributed by atoms with Crippen LogP contribution in [0.4, 0.5) is 0 Å². The van der Waals surface area contributed by atoms with Gasteiger partial charge in [-0.3, -0.25) is 0 Å². The number of aryl methyl sites for hydroxylation is 1. The fraction of sp³-hybridized carbons (Fsp3) is 0.600. The van der Waals surface area contributed by atoms with E-state index >= 15 is 0 Å². The van der Waals surface area contributed by atoms with Crippen molar-refractivity contribution in [1.82, 2.24) is 5.32 Å². The number of hydrogen-bond donors (Lipinski definition) is 1. The van der Waals surface area contributed by atoms with Crippen molar-refractivity contribution < 1.29 is 8.42 Å². The number of sulfone groups is 1. The Morgan fingerprint density at radius 3 is 2.87 bits per heavy atom. The van der Waals surface area contributed by atoms with E-state index in [2.05, 4.69) is 5.32 Å². The van der Waals surface area contributed by atoms with E-state index in [0.717, 1.165) is 24.3 Å². The summed E-state index contributed by atoms with van der Waals surface area (Å²) in [5.41, 5.74) is 0. The van der Waals surface area contributed by atoms with Gasteiger partial charge in [0.05, 0.1) is 5.75 Å². The van der Waals surface area contributed by atoms with Gasteiger partial charge in [0.2, 0.25) is 0 Å². The van der Waals surface area contributed by atoms with Gasteiger partial charge in [0.15, 0.2) is 9.84 Å². The average Bonchev–Trinajstić information content (AvgIpc) is 2.75. The van der Waals surface area contributed by atoms with E-state index in [4.69, 9.17) is 0 Å². The largest absolute Gasteiger partial charge is 0.313 e. The minimum absolute atomic E-state index is 0.150. The first-order valence-electron chi connectivity index (χ1n) is 5.10. The molecule has 15 heavy (non-hydrogen) atoms. The first kappa shape index (κ1) is 11.1. The molecule has 0 amide bonds. The maximum absolute atomic E-state index is 12.0. The molecule has 84 valence electrons. The molecule has 2 rings (SSSR count). The van der Waals surface area contributed by atoms with Gasteiger partial charge >= 0.3 is 0 Å². The van der Waals surface area contributed by atoms with Gasteiger partial charge in [0.1, 0.15) is 4.21 Å². The molecule has 1 N–H and O–H groups in total. The van der Waals surface area contributed by atoms with E-state index in [0.29, 0.717) is 4.21 Å². The molecular weight excluding hydrogens is 230 g/mol. The summed E-state index contributed by atoms with van der Waals surface area (Å²) in [6.07, 6.45) is 2.06. The summed E-state index contributed by atoms with van der Waals surface area (Å²) in [6.45, 7) is 2.88. The Labute approximate surface area is 94.4 Å². The van der Waals surface area contributed by atoms with E-state index in [9.17, 15) is 8.42 Å². The Morgan fingerprint density at radius 1 is 1.53 bits per heavy atom. The van der Waals surface area contributed by atoms with Crippen molar-refractivity contribution in [2.45, 2.75) is 30.0 Å². The standard InChI is InChI=1S/C10H15NO2S2/c1-8-4-5-10(14-8)15(12,13)7-9-3-2-6-11-9/h4-5,9,11H,2-3,6-7H2,1H3/t9-/m0/s1. The molecular formula is C10H15NO2S2. The van der Waals surface area contributed by atoms with E-state index in [1.54, 1.807) is 6.07 Å². The van der Waals surface area contributed by atoms with Crippen molar-refractivity contribution in [2.75, 3.05) is 12.3 Å². The minimum Gasteiger partial charge on any atom is -0.313 e. The predicted octanol–water partition coefficient (Wildman–Crippen LogP) is 1.58. The monoisotopic (exact) mass is 245 g/mol. The summed E-state index contributed by atoms with van der Waals surface area (Å²) in [4.78, 5) is 1.05. The molecule has 1 atom stereocenters. The second-order valence-corrected chi connectivity index (χ2v) is 7.49. The van der Waals surface area contributed by atoms with Gasteiger partial charge in [0.25, 0.3) is 0 Å². The van der Waals surface area contributed by atoms with Crippen LogP contribution >= 0.6 is 11.3 Å². The molecule has 3 nitrogen and oxygen atoms in total. The highest BCUT2D eigenvalue weighted by Gasteiger charge is 2.24. The highest BCUT2D eigenvalue weighted by Crippen LogP contribution is 2.23. The van der Waals surface area contributed by atoms with Crippen LogP contribution in [-0.4, -0.2) is 26.8 Å². The molecule has 0 radical (unpaired) electrons. The lowest BCUT2D eigenvalue weighted by Crippen LogP contribution is -2.29. The summed E-state index contributed by atoms with van der Waals surface area (Å²) >= 11 is 1.36.